The average molecular weight is 273 g/mol. The summed E-state index contributed by atoms with van der Waals surface area (Å²) in [5.74, 6) is 1.02. The molecule has 2 fully saturated rings. The van der Waals surface area contributed by atoms with Crippen molar-refractivity contribution in [2.24, 2.45) is 5.92 Å². The Balaban J connectivity index is 1.58. The molecule has 1 aromatic carbocycles. The SMILES string of the molecule is CNCc1ccc(N2CCN(CC3CC3)CC2)cc1C. The number of hydrogen-bond donors (Lipinski definition) is 1. The Hall–Kier alpha value is -1.06. The molecule has 1 aliphatic carbocycles. The first-order valence-corrected chi connectivity index (χ1v) is 7.97. The van der Waals surface area contributed by atoms with Crippen LogP contribution in [0.4, 0.5) is 5.69 Å². The van der Waals surface area contributed by atoms with Gasteiger partial charge in [-0.05, 0) is 56.0 Å². The zero-order valence-corrected chi connectivity index (χ0v) is 12.9. The summed E-state index contributed by atoms with van der Waals surface area (Å²) >= 11 is 0. The zero-order valence-electron chi connectivity index (χ0n) is 12.9. The number of benzene rings is 1. The lowest BCUT2D eigenvalue weighted by atomic mass is 10.1. The van der Waals surface area contributed by atoms with E-state index in [0.717, 1.165) is 12.5 Å². The van der Waals surface area contributed by atoms with Gasteiger partial charge in [0.05, 0.1) is 0 Å². The molecule has 20 heavy (non-hydrogen) atoms. The molecular weight excluding hydrogens is 246 g/mol. The second-order valence-electron chi connectivity index (χ2n) is 6.37. The first kappa shape index (κ1) is 13.9. The fourth-order valence-electron chi connectivity index (χ4n) is 3.12. The van der Waals surface area contributed by atoms with E-state index in [0.29, 0.717) is 0 Å². The largest absolute Gasteiger partial charge is 0.369 e. The number of hydrogen-bond acceptors (Lipinski definition) is 3. The Bertz CT molecular complexity index is 446. The van der Waals surface area contributed by atoms with E-state index >= 15 is 0 Å². The first-order valence-electron chi connectivity index (χ1n) is 7.97. The van der Waals surface area contributed by atoms with Crippen LogP contribution >= 0.6 is 0 Å². The van der Waals surface area contributed by atoms with E-state index < -0.39 is 0 Å². The van der Waals surface area contributed by atoms with E-state index in [1.54, 1.807) is 0 Å². The lowest BCUT2D eigenvalue weighted by Gasteiger charge is -2.36. The molecule has 0 amide bonds. The van der Waals surface area contributed by atoms with Gasteiger partial charge in [0.15, 0.2) is 0 Å². The zero-order chi connectivity index (χ0) is 13.9. The number of aryl methyl sites for hydroxylation is 1. The molecule has 3 heteroatoms. The summed E-state index contributed by atoms with van der Waals surface area (Å²) in [6.07, 6.45) is 2.93. The minimum Gasteiger partial charge on any atom is -0.369 e. The van der Waals surface area contributed by atoms with Crippen molar-refractivity contribution < 1.29 is 0 Å². The van der Waals surface area contributed by atoms with E-state index in [1.165, 1.54) is 62.4 Å². The van der Waals surface area contributed by atoms with Gasteiger partial charge in [-0.3, -0.25) is 4.90 Å². The highest BCUT2D eigenvalue weighted by Gasteiger charge is 2.26. The summed E-state index contributed by atoms with van der Waals surface area (Å²) in [6, 6.07) is 6.91. The summed E-state index contributed by atoms with van der Waals surface area (Å²) < 4.78 is 0. The third-order valence-corrected chi connectivity index (χ3v) is 4.64. The van der Waals surface area contributed by atoms with Crippen molar-refractivity contribution in [1.29, 1.82) is 0 Å². The molecule has 0 radical (unpaired) electrons. The lowest BCUT2D eigenvalue weighted by Crippen LogP contribution is -2.47. The molecule has 3 nitrogen and oxygen atoms in total. The maximum Gasteiger partial charge on any atom is 0.0369 e. The van der Waals surface area contributed by atoms with Gasteiger partial charge in [0.2, 0.25) is 0 Å². The van der Waals surface area contributed by atoms with Gasteiger partial charge in [-0.2, -0.15) is 0 Å². The molecule has 1 saturated heterocycles. The molecule has 2 aliphatic rings. The van der Waals surface area contributed by atoms with Crippen molar-refractivity contribution in [1.82, 2.24) is 10.2 Å². The molecule has 1 aromatic rings. The van der Waals surface area contributed by atoms with Crippen LogP contribution in [-0.2, 0) is 6.54 Å². The van der Waals surface area contributed by atoms with Gasteiger partial charge in [-0.25, -0.2) is 0 Å². The van der Waals surface area contributed by atoms with Gasteiger partial charge in [0.25, 0.3) is 0 Å². The highest BCUT2D eigenvalue weighted by atomic mass is 15.3. The van der Waals surface area contributed by atoms with Crippen molar-refractivity contribution in [2.75, 3.05) is 44.7 Å². The second-order valence-corrected chi connectivity index (χ2v) is 6.37. The molecule has 0 atom stereocenters. The van der Waals surface area contributed by atoms with Crippen molar-refractivity contribution in [3.05, 3.63) is 29.3 Å². The maximum absolute atomic E-state index is 3.23. The van der Waals surface area contributed by atoms with E-state index in [1.807, 2.05) is 7.05 Å². The van der Waals surface area contributed by atoms with Crippen LogP contribution in [0.25, 0.3) is 0 Å². The third-order valence-electron chi connectivity index (χ3n) is 4.64. The maximum atomic E-state index is 3.23. The molecule has 0 aromatic heterocycles. The van der Waals surface area contributed by atoms with Crippen LogP contribution in [0.1, 0.15) is 24.0 Å². The number of anilines is 1. The summed E-state index contributed by atoms with van der Waals surface area (Å²) in [7, 11) is 2.01. The van der Waals surface area contributed by atoms with Gasteiger partial charge in [-0.1, -0.05) is 6.07 Å². The molecule has 0 bridgehead atoms. The van der Waals surface area contributed by atoms with E-state index in [9.17, 15) is 0 Å². The van der Waals surface area contributed by atoms with E-state index in [2.05, 4.69) is 40.2 Å². The number of nitrogens with zero attached hydrogens (tertiary/aromatic N) is 2. The summed E-state index contributed by atoms with van der Waals surface area (Å²) in [4.78, 5) is 5.19. The molecule has 0 unspecified atom stereocenters. The molecule has 1 heterocycles. The number of piperazine rings is 1. The molecule has 110 valence electrons. The van der Waals surface area contributed by atoms with Gasteiger partial charge in [0, 0.05) is 45.0 Å². The Morgan fingerprint density at radius 2 is 1.90 bits per heavy atom. The molecular formula is C17H27N3. The highest BCUT2D eigenvalue weighted by molar-refractivity contribution is 5.51. The smallest absolute Gasteiger partial charge is 0.0369 e. The van der Waals surface area contributed by atoms with Crippen LogP contribution in [0, 0.1) is 12.8 Å². The Morgan fingerprint density at radius 1 is 1.15 bits per heavy atom. The van der Waals surface area contributed by atoms with Crippen molar-refractivity contribution in [2.45, 2.75) is 26.3 Å². The predicted molar refractivity (Wildman–Crippen MR) is 85.3 cm³/mol. The van der Waals surface area contributed by atoms with Gasteiger partial charge in [-0.15, -0.1) is 0 Å². The quantitative estimate of drug-likeness (QED) is 0.887. The van der Waals surface area contributed by atoms with Crippen LogP contribution in [-0.4, -0.2) is 44.7 Å². The summed E-state index contributed by atoms with van der Waals surface area (Å²) in [5, 5.41) is 3.23. The highest BCUT2D eigenvalue weighted by Crippen LogP contribution is 2.30. The van der Waals surface area contributed by atoms with Crippen molar-refractivity contribution in [3.8, 4) is 0 Å². The van der Waals surface area contributed by atoms with Crippen LogP contribution in [0.5, 0.6) is 0 Å². The molecule has 0 spiro atoms. The van der Waals surface area contributed by atoms with Gasteiger partial charge >= 0.3 is 0 Å². The van der Waals surface area contributed by atoms with Crippen LogP contribution in [0.15, 0.2) is 18.2 Å². The average Bonchev–Trinajstić information content (AvgIpc) is 3.26. The summed E-state index contributed by atoms with van der Waals surface area (Å²) in [6.45, 7) is 9.34. The fourth-order valence-corrected chi connectivity index (χ4v) is 3.12. The minimum atomic E-state index is 0.960. The van der Waals surface area contributed by atoms with E-state index in [4.69, 9.17) is 0 Å². The molecule has 1 aliphatic heterocycles. The van der Waals surface area contributed by atoms with Crippen LogP contribution < -0.4 is 10.2 Å². The monoisotopic (exact) mass is 273 g/mol. The topological polar surface area (TPSA) is 18.5 Å². The summed E-state index contributed by atoms with van der Waals surface area (Å²) in [5.41, 5.74) is 4.20. The van der Waals surface area contributed by atoms with Gasteiger partial charge < -0.3 is 10.2 Å². The van der Waals surface area contributed by atoms with Crippen LogP contribution in [0.2, 0.25) is 0 Å². The number of nitrogens with one attached hydrogen (secondary N) is 1. The number of rotatable bonds is 5. The van der Waals surface area contributed by atoms with Gasteiger partial charge in [0.1, 0.15) is 0 Å². The van der Waals surface area contributed by atoms with E-state index in [-0.39, 0.29) is 0 Å². The Kier molecular flexibility index (Phi) is 4.27. The first-order chi connectivity index (χ1) is 9.76. The third kappa shape index (κ3) is 3.33. The molecule has 1 N–H and O–H groups in total. The van der Waals surface area contributed by atoms with Crippen molar-refractivity contribution >= 4 is 5.69 Å². The molecule has 1 saturated carbocycles. The fraction of sp³-hybridized carbons (Fsp3) is 0.647. The van der Waals surface area contributed by atoms with Crippen molar-refractivity contribution in [3.63, 3.8) is 0 Å². The lowest BCUT2D eigenvalue weighted by molar-refractivity contribution is 0.248. The normalized spacial score (nSPS) is 20.4. The minimum absolute atomic E-state index is 0.960. The van der Waals surface area contributed by atoms with Crippen LogP contribution in [0.3, 0.4) is 0 Å². The Morgan fingerprint density at radius 3 is 2.50 bits per heavy atom. The second kappa shape index (κ2) is 6.15. The Labute approximate surface area is 123 Å². The molecule has 3 rings (SSSR count). The standard InChI is InChI=1S/C17H27N3/c1-14-11-17(6-5-16(14)12-18-2)20-9-7-19(8-10-20)13-15-3-4-15/h5-6,11,15,18H,3-4,7-10,12-13H2,1-2H3. The predicted octanol–water partition coefficient (Wildman–Crippen LogP) is 2.25.